The van der Waals surface area contributed by atoms with Gasteiger partial charge in [-0.15, -0.1) is 6.58 Å². The van der Waals surface area contributed by atoms with E-state index in [1.165, 1.54) is 6.08 Å². The molecule has 2 amide bonds. The lowest BCUT2D eigenvalue weighted by atomic mass is 9.99. The van der Waals surface area contributed by atoms with E-state index in [1.807, 2.05) is 0 Å². The molecule has 1 fully saturated rings. The molecular formula is C7H10N2O2. The van der Waals surface area contributed by atoms with Crippen LogP contribution in [0.15, 0.2) is 12.7 Å². The van der Waals surface area contributed by atoms with Crippen LogP contribution in [0.2, 0.25) is 0 Å². The first-order valence-corrected chi connectivity index (χ1v) is 3.37. The summed E-state index contributed by atoms with van der Waals surface area (Å²) in [4.78, 5) is 21.6. The lowest BCUT2D eigenvalue weighted by Crippen LogP contribution is -2.33. The average Bonchev–Trinajstić information content (AvgIpc) is 2.28. The van der Waals surface area contributed by atoms with Gasteiger partial charge in [-0.3, -0.25) is 14.9 Å². The van der Waals surface area contributed by atoms with Gasteiger partial charge in [-0.1, -0.05) is 6.08 Å². The van der Waals surface area contributed by atoms with Crippen LogP contribution in [0.5, 0.6) is 0 Å². The molecule has 2 atom stereocenters. The number of imide groups is 1. The van der Waals surface area contributed by atoms with E-state index >= 15 is 0 Å². The molecule has 1 saturated heterocycles. The van der Waals surface area contributed by atoms with Crippen LogP contribution < -0.4 is 11.1 Å². The maximum Gasteiger partial charge on any atom is 0.232 e. The van der Waals surface area contributed by atoms with E-state index in [4.69, 9.17) is 5.73 Å². The van der Waals surface area contributed by atoms with Gasteiger partial charge < -0.3 is 5.73 Å². The number of nitrogens with two attached hydrogens (primary N) is 1. The van der Waals surface area contributed by atoms with Gasteiger partial charge in [0.1, 0.15) is 0 Å². The molecule has 4 nitrogen and oxygen atoms in total. The molecule has 0 aromatic rings. The van der Waals surface area contributed by atoms with E-state index in [2.05, 4.69) is 11.9 Å². The van der Waals surface area contributed by atoms with Gasteiger partial charge in [0.2, 0.25) is 11.8 Å². The Labute approximate surface area is 64.4 Å². The third-order valence-electron chi connectivity index (χ3n) is 1.74. The second-order valence-electron chi connectivity index (χ2n) is 2.54. The topological polar surface area (TPSA) is 72.2 Å². The van der Waals surface area contributed by atoms with Crippen molar-refractivity contribution in [1.29, 1.82) is 0 Å². The predicted octanol–water partition coefficient (Wildman–Crippen LogP) is -0.838. The molecule has 1 aliphatic rings. The molecule has 1 aliphatic heterocycles. The van der Waals surface area contributed by atoms with Crippen molar-refractivity contribution in [3.05, 3.63) is 12.7 Å². The van der Waals surface area contributed by atoms with E-state index < -0.39 is 12.0 Å². The monoisotopic (exact) mass is 154 g/mol. The number of hydrogen-bond donors (Lipinski definition) is 2. The first kappa shape index (κ1) is 7.94. The van der Waals surface area contributed by atoms with Crippen LogP contribution in [0, 0.1) is 5.92 Å². The molecule has 0 radical (unpaired) electrons. The summed E-state index contributed by atoms with van der Waals surface area (Å²) in [6.07, 6.45) is 1.66. The summed E-state index contributed by atoms with van der Waals surface area (Å²) in [6, 6.07) is -0.415. The van der Waals surface area contributed by atoms with Crippen molar-refractivity contribution in [2.75, 3.05) is 0 Å². The van der Waals surface area contributed by atoms with Gasteiger partial charge >= 0.3 is 0 Å². The molecule has 60 valence electrons. The Morgan fingerprint density at radius 2 is 2.36 bits per heavy atom. The molecule has 0 aliphatic carbocycles. The van der Waals surface area contributed by atoms with Gasteiger partial charge in [0.15, 0.2) is 0 Å². The zero-order valence-corrected chi connectivity index (χ0v) is 6.04. The largest absolute Gasteiger partial charge is 0.324 e. The molecule has 0 aromatic heterocycles. The zero-order chi connectivity index (χ0) is 8.43. The van der Waals surface area contributed by atoms with E-state index in [0.717, 1.165) is 0 Å². The van der Waals surface area contributed by atoms with E-state index in [1.54, 1.807) is 0 Å². The fourth-order valence-corrected chi connectivity index (χ4v) is 1.05. The fourth-order valence-electron chi connectivity index (χ4n) is 1.05. The Hall–Kier alpha value is -1.16. The van der Waals surface area contributed by atoms with Gasteiger partial charge in [-0.25, -0.2) is 0 Å². The van der Waals surface area contributed by atoms with Gasteiger partial charge in [-0.2, -0.15) is 0 Å². The van der Waals surface area contributed by atoms with Crippen LogP contribution in [-0.4, -0.2) is 17.9 Å². The Kier molecular flexibility index (Phi) is 2.05. The number of hydrogen-bond acceptors (Lipinski definition) is 3. The highest BCUT2D eigenvalue weighted by atomic mass is 16.2. The van der Waals surface area contributed by atoms with Crippen LogP contribution in [0.1, 0.15) is 6.42 Å². The van der Waals surface area contributed by atoms with E-state index in [-0.39, 0.29) is 18.2 Å². The minimum atomic E-state index is -0.417. The molecule has 4 heteroatoms. The Morgan fingerprint density at radius 3 is 2.73 bits per heavy atom. The third kappa shape index (κ3) is 1.46. The molecule has 0 bridgehead atoms. The maximum atomic E-state index is 10.9. The van der Waals surface area contributed by atoms with Crippen LogP contribution in [0.4, 0.5) is 0 Å². The predicted molar refractivity (Wildman–Crippen MR) is 39.4 cm³/mol. The van der Waals surface area contributed by atoms with Gasteiger partial charge in [0, 0.05) is 12.5 Å². The highest BCUT2D eigenvalue weighted by Gasteiger charge is 2.33. The van der Waals surface area contributed by atoms with Gasteiger partial charge in [-0.05, 0) is 0 Å². The highest BCUT2D eigenvalue weighted by Crippen LogP contribution is 2.13. The summed E-state index contributed by atoms with van der Waals surface area (Å²) in [5.74, 6) is -0.959. The molecule has 0 aromatic carbocycles. The summed E-state index contributed by atoms with van der Waals surface area (Å²) >= 11 is 0. The molecular weight excluding hydrogens is 144 g/mol. The van der Waals surface area contributed by atoms with E-state index in [0.29, 0.717) is 0 Å². The van der Waals surface area contributed by atoms with Gasteiger partial charge in [0.05, 0.1) is 5.92 Å². The number of nitrogens with one attached hydrogen (secondary N) is 1. The van der Waals surface area contributed by atoms with Crippen molar-refractivity contribution < 1.29 is 9.59 Å². The smallest absolute Gasteiger partial charge is 0.232 e. The molecule has 0 saturated carbocycles. The van der Waals surface area contributed by atoms with Gasteiger partial charge in [0.25, 0.3) is 0 Å². The normalized spacial score (nSPS) is 26.5. The summed E-state index contributed by atoms with van der Waals surface area (Å²) in [5, 5.41) is 2.18. The molecule has 3 N–H and O–H groups in total. The standard InChI is InChI=1S/C7H10N2O2/c1-2-5(8)4-3-6(10)9-7(4)11/h2,4-5H,1,3,8H2,(H,9,10,11). The molecule has 11 heavy (non-hydrogen) atoms. The number of rotatable bonds is 2. The summed E-state index contributed by atoms with van der Waals surface area (Å²) in [6.45, 7) is 3.45. The van der Waals surface area contributed by atoms with Crippen LogP contribution in [0.25, 0.3) is 0 Å². The first-order valence-electron chi connectivity index (χ1n) is 3.37. The van der Waals surface area contributed by atoms with Crippen molar-refractivity contribution in [2.24, 2.45) is 11.7 Å². The van der Waals surface area contributed by atoms with Crippen molar-refractivity contribution >= 4 is 11.8 Å². The fraction of sp³-hybridized carbons (Fsp3) is 0.429. The van der Waals surface area contributed by atoms with Crippen LogP contribution >= 0.6 is 0 Å². The lowest BCUT2D eigenvalue weighted by molar-refractivity contribution is -0.125. The number of carbonyl (C=O) groups excluding carboxylic acids is 2. The number of amides is 2. The minimum absolute atomic E-state index is 0.187. The highest BCUT2D eigenvalue weighted by molar-refractivity contribution is 6.03. The van der Waals surface area contributed by atoms with Crippen molar-refractivity contribution in [2.45, 2.75) is 12.5 Å². The van der Waals surface area contributed by atoms with Crippen molar-refractivity contribution in [3.63, 3.8) is 0 Å². The molecule has 0 spiro atoms. The lowest BCUT2D eigenvalue weighted by Gasteiger charge is -2.09. The van der Waals surface area contributed by atoms with Crippen LogP contribution in [0.3, 0.4) is 0 Å². The second-order valence-corrected chi connectivity index (χ2v) is 2.54. The van der Waals surface area contributed by atoms with Crippen molar-refractivity contribution in [1.82, 2.24) is 5.32 Å². The Bertz CT molecular complexity index is 212. The first-order chi connectivity index (χ1) is 5.15. The molecule has 1 heterocycles. The van der Waals surface area contributed by atoms with Crippen molar-refractivity contribution in [3.8, 4) is 0 Å². The SMILES string of the molecule is C=CC(N)C1CC(=O)NC1=O. The number of carbonyl (C=O) groups is 2. The summed E-state index contributed by atoms with van der Waals surface area (Å²) in [5.41, 5.74) is 5.50. The van der Waals surface area contributed by atoms with Crippen LogP contribution in [-0.2, 0) is 9.59 Å². The molecule has 2 unspecified atom stereocenters. The van der Waals surface area contributed by atoms with E-state index in [9.17, 15) is 9.59 Å². The Balaban J connectivity index is 2.66. The second kappa shape index (κ2) is 2.84. The Morgan fingerprint density at radius 1 is 1.73 bits per heavy atom. The summed E-state index contributed by atoms with van der Waals surface area (Å²) in [7, 11) is 0. The average molecular weight is 154 g/mol. The molecule has 1 rings (SSSR count). The minimum Gasteiger partial charge on any atom is -0.324 e. The summed E-state index contributed by atoms with van der Waals surface area (Å²) < 4.78 is 0. The maximum absolute atomic E-state index is 10.9. The quantitative estimate of drug-likeness (QED) is 0.402. The zero-order valence-electron chi connectivity index (χ0n) is 6.04. The third-order valence-corrected chi connectivity index (χ3v) is 1.74.